The molecule has 5 heteroatoms. The number of halogens is 1. The lowest BCUT2D eigenvalue weighted by molar-refractivity contribution is -0.118. The van der Waals surface area contributed by atoms with Crippen LogP contribution in [-0.2, 0) is 4.74 Å². The van der Waals surface area contributed by atoms with Gasteiger partial charge >= 0.3 is 0 Å². The van der Waals surface area contributed by atoms with E-state index in [9.17, 15) is 0 Å². The Balaban J connectivity index is 2.20. The van der Waals surface area contributed by atoms with Gasteiger partial charge in [0, 0.05) is 0 Å². The molecule has 0 spiro atoms. The summed E-state index contributed by atoms with van der Waals surface area (Å²) in [7, 11) is 0. The highest BCUT2D eigenvalue weighted by atomic mass is 35.5. The van der Waals surface area contributed by atoms with Gasteiger partial charge in [0.15, 0.2) is 6.23 Å². The zero-order valence-corrected chi connectivity index (χ0v) is 8.69. The summed E-state index contributed by atoms with van der Waals surface area (Å²) in [5.74, 6) is 0. The lowest BCUT2D eigenvalue weighted by Gasteiger charge is -2.35. The minimum Gasteiger partial charge on any atom is -0.354 e. The standard InChI is InChI=1S/C10H10ClN3O/c11-10-13-7-3-1-2-4-8(7)14(10)9-6(12)5-15-9/h1-4,6,9H,5,12H2. The molecule has 1 aromatic carbocycles. The fraction of sp³-hybridized carbons (Fsp3) is 0.300. The first-order valence-electron chi connectivity index (χ1n) is 4.77. The van der Waals surface area contributed by atoms with Crippen molar-refractivity contribution in [3.63, 3.8) is 0 Å². The van der Waals surface area contributed by atoms with Crippen molar-refractivity contribution >= 4 is 22.6 Å². The largest absolute Gasteiger partial charge is 0.354 e. The molecule has 4 nitrogen and oxygen atoms in total. The van der Waals surface area contributed by atoms with Gasteiger partial charge in [0.05, 0.1) is 23.7 Å². The zero-order chi connectivity index (χ0) is 10.4. The number of hydrogen-bond acceptors (Lipinski definition) is 3. The Kier molecular flexibility index (Phi) is 1.95. The van der Waals surface area contributed by atoms with Crippen molar-refractivity contribution in [1.82, 2.24) is 9.55 Å². The van der Waals surface area contributed by atoms with Gasteiger partial charge < -0.3 is 10.5 Å². The number of imidazole rings is 1. The maximum atomic E-state index is 6.06. The first kappa shape index (κ1) is 9.15. The topological polar surface area (TPSA) is 53.1 Å². The van der Waals surface area contributed by atoms with E-state index in [-0.39, 0.29) is 12.3 Å². The fourth-order valence-corrected chi connectivity index (χ4v) is 2.09. The monoisotopic (exact) mass is 223 g/mol. The maximum absolute atomic E-state index is 6.06. The van der Waals surface area contributed by atoms with Crippen LogP contribution in [0.5, 0.6) is 0 Å². The van der Waals surface area contributed by atoms with Gasteiger partial charge in [-0.1, -0.05) is 12.1 Å². The van der Waals surface area contributed by atoms with Crippen LogP contribution >= 0.6 is 11.6 Å². The van der Waals surface area contributed by atoms with Gasteiger partial charge in [0.1, 0.15) is 0 Å². The van der Waals surface area contributed by atoms with Crippen LogP contribution in [0.1, 0.15) is 6.23 Å². The van der Waals surface area contributed by atoms with Crippen molar-refractivity contribution in [2.75, 3.05) is 6.61 Å². The van der Waals surface area contributed by atoms with Crippen LogP contribution in [0.3, 0.4) is 0 Å². The molecule has 1 aliphatic rings. The minimum atomic E-state index is -0.176. The molecule has 2 N–H and O–H groups in total. The van der Waals surface area contributed by atoms with Crippen molar-refractivity contribution in [2.24, 2.45) is 5.73 Å². The maximum Gasteiger partial charge on any atom is 0.205 e. The summed E-state index contributed by atoms with van der Waals surface area (Å²) in [5, 5.41) is 0.427. The van der Waals surface area contributed by atoms with E-state index in [2.05, 4.69) is 4.98 Å². The quantitative estimate of drug-likeness (QED) is 0.798. The second-order valence-corrected chi connectivity index (χ2v) is 3.97. The highest BCUT2D eigenvalue weighted by Gasteiger charge is 2.32. The molecule has 2 atom stereocenters. The van der Waals surface area contributed by atoms with Gasteiger partial charge in [-0.15, -0.1) is 0 Å². The van der Waals surface area contributed by atoms with Gasteiger partial charge in [-0.2, -0.15) is 0 Å². The lowest BCUT2D eigenvalue weighted by Crippen LogP contribution is -2.47. The Hall–Kier alpha value is -1.10. The van der Waals surface area contributed by atoms with E-state index in [1.54, 1.807) is 0 Å². The smallest absolute Gasteiger partial charge is 0.205 e. The van der Waals surface area contributed by atoms with Crippen molar-refractivity contribution in [2.45, 2.75) is 12.3 Å². The van der Waals surface area contributed by atoms with Gasteiger partial charge in [-0.05, 0) is 23.7 Å². The normalized spacial score (nSPS) is 25.5. The summed E-state index contributed by atoms with van der Waals surface area (Å²) in [6.07, 6.45) is -0.176. The molecule has 0 amide bonds. The van der Waals surface area contributed by atoms with Gasteiger partial charge in [-0.25, -0.2) is 4.98 Å². The van der Waals surface area contributed by atoms with Crippen LogP contribution in [0, 0.1) is 0 Å². The van der Waals surface area contributed by atoms with Gasteiger partial charge in [0.2, 0.25) is 5.28 Å². The number of aromatic nitrogens is 2. The van der Waals surface area contributed by atoms with Crippen LogP contribution < -0.4 is 5.73 Å². The number of nitrogens with two attached hydrogens (primary N) is 1. The molecule has 0 radical (unpaired) electrons. The number of benzene rings is 1. The molecule has 0 saturated carbocycles. The Morgan fingerprint density at radius 2 is 2.27 bits per heavy atom. The molecule has 2 aromatic rings. The molecular formula is C10H10ClN3O. The van der Waals surface area contributed by atoms with Gasteiger partial charge in [0.25, 0.3) is 0 Å². The SMILES string of the molecule is NC1COC1n1c(Cl)nc2ccccc21. The summed E-state index contributed by atoms with van der Waals surface area (Å²) in [5.41, 5.74) is 7.67. The summed E-state index contributed by atoms with van der Waals surface area (Å²) in [6, 6.07) is 7.75. The molecule has 2 unspecified atom stereocenters. The van der Waals surface area contributed by atoms with Crippen LogP contribution in [0.2, 0.25) is 5.28 Å². The molecular weight excluding hydrogens is 214 g/mol. The van der Waals surface area contributed by atoms with E-state index >= 15 is 0 Å². The van der Waals surface area contributed by atoms with Crippen LogP contribution in [0.4, 0.5) is 0 Å². The first-order chi connectivity index (χ1) is 7.27. The lowest BCUT2D eigenvalue weighted by atomic mass is 10.2. The fourth-order valence-electron chi connectivity index (χ4n) is 1.82. The van der Waals surface area contributed by atoms with E-state index in [4.69, 9.17) is 22.1 Å². The second kappa shape index (κ2) is 3.20. The Morgan fingerprint density at radius 3 is 2.93 bits per heavy atom. The zero-order valence-electron chi connectivity index (χ0n) is 7.93. The van der Waals surface area contributed by atoms with Crippen LogP contribution in [-0.4, -0.2) is 22.2 Å². The Labute approximate surface area is 91.6 Å². The number of para-hydroxylation sites is 2. The summed E-state index contributed by atoms with van der Waals surface area (Å²) in [4.78, 5) is 4.24. The molecule has 78 valence electrons. The molecule has 1 fully saturated rings. The number of rotatable bonds is 1. The van der Waals surface area contributed by atoms with Crippen molar-refractivity contribution in [3.8, 4) is 0 Å². The first-order valence-corrected chi connectivity index (χ1v) is 5.15. The molecule has 1 aliphatic heterocycles. The highest BCUT2D eigenvalue weighted by Crippen LogP contribution is 2.30. The molecule has 1 aromatic heterocycles. The molecule has 0 bridgehead atoms. The Bertz CT molecular complexity index is 510. The summed E-state index contributed by atoms with van der Waals surface area (Å²) < 4.78 is 7.23. The number of nitrogens with zero attached hydrogens (tertiary/aromatic N) is 2. The number of fused-ring (bicyclic) bond motifs is 1. The van der Waals surface area contributed by atoms with E-state index in [0.29, 0.717) is 11.9 Å². The minimum absolute atomic E-state index is 0.0000983. The summed E-state index contributed by atoms with van der Waals surface area (Å²) in [6.45, 7) is 0.577. The third-order valence-electron chi connectivity index (χ3n) is 2.63. The predicted molar refractivity (Wildman–Crippen MR) is 57.7 cm³/mol. The highest BCUT2D eigenvalue weighted by molar-refractivity contribution is 6.29. The molecule has 2 heterocycles. The van der Waals surface area contributed by atoms with Crippen molar-refractivity contribution in [1.29, 1.82) is 0 Å². The second-order valence-electron chi connectivity index (χ2n) is 3.63. The molecule has 1 saturated heterocycles. The van der Waals surface area contributed by atoms with Crippen LogP contribution in [0.15, 0.2) is 24.3 Å². The van der Waals surface area contributed by atoms with Gasteiger partial charge in [-0.3, -0.25) is 4.57 Å². The van der Waals surface area contributed by atoms with E-state index in [1.165, 1.54) is 0 Å². The van der Waals surface area contributed by atoms with Crippen molar-refractivity contribution < 1.29 is 4.74 Å². The third-order valence-corrected chi connectivity index (χ3v) is 2.90. The van der Waals surface area contributed by atoms with E-state index < -0.39 is 0 Å². The van der Waals surface area contributed by atoms with E-state index in [0.717, 1.165) is 11.0 Å². The predicted octanol–water partition coefficient (Wildman–Crippen LogP) is 1.55. The molecule has 15 heavy (non-hydrogen) atoms. The summed E-state index contributed by atoms with van der Waals surface area (Å²) >= 11 is 6.06. The Morgan fingerprint density at radius 1 is 1.47 bits per heavy atom. The van der Waals surface area contributed by atoms with Crippen LogP contribution in [0.25, 0.3) is 11.0 Å². The van der Waals surface area contributed by atoms with E-state index in [1.807, 2.05) is 28.8 Å². The molecule has 3 rings (SSSR count). The average molecular weight is 224 g/mol. The van der Waals surface area contributed by atoms with Crippen molar-refractivity contribution in [3.05, 3.63) is 29.5 Å². The number of ether oxygens (including phenoxy) is 1. The third kappa shape index (κ3) is 1.26. The average Bonchev–Trinajstić information content (AvgIpc) is 2.54. The number of hydrogen-bond donors (Lipinski definition) is 1. The molecule has 0 aliphatic carbocycles.